The zero-order valence-corrected chi connectivity index (χ0v) is 13.7. The average molecular weight is 309 g/mol. The van der Waals surface area contributed by atoms with Gasteiger partial charge in [0.15, 0.2) is 0 Å². The number of aryl methyl sites for hydroxylation is 2. The van der Waals surface area contributed by atoms with Crippen molar-refractivity contribution in [2.75, 3.05) is 0 Å². The van der Waals surface area contributed by atoms with Gasteiger partial charge in [-0.25, -0.2) is 4.79 Å². The van der Waals surface area contributed by atoms with Gasteiger partial charge in [0.25, 0.3) is 5.91 Å². The predicted octanol–water partition coefficient (Wildman–Crippen LogP) is 3.25. The van der Waals surface area contributed by atoms with Crippen LogP contribution in [-0.2, 0) is 17.6 Å². The van der Waals surface area contributed by atoms with E-state index in [0.29, 0.717) is 4.88 Å². The molecule has 0 radical (unpaired) electrons. The highest BCUT2D eigenvalue weighted by atomic mass is 32.1. The normalized spacial score (nSPS) is 16.7. The molecule has 1 heterocycles. The molecule has 21 heavy (non-hydrogen) atoms. The summed E-state index contributed by atoms with van der Waals surface area (Å²) in [6, 6.07) is 1.06. The zero-order chi connectivity index (χ0) is 15.6. The molecule has 0 aromatic carbocycles. The third kappa shape index (κ3) is 3.84. The van der Waals surface area contributed by atoms with E-state index in [1.54, 1.807) is 0 Å². The van der Waals surface area contributed by atoms with Crippen LogP contribution in [0.5, 0.6) is 0 Å². The van der Waals surface area contributed by atoms with E-state index >= 15 is 0 Å². The fraction of sp³-hybridized carbons (Fsp3) is 0.625. The molecule has 0 aliphatic heterocycles. The molecule has 2 rings (SSSR count). The first kappa shape index (κ1) is 16.0. The minimum atomic E-state index is -0.992. The smallest absolute Gasteiger partial charge is 0.326 e. The molecular formula is C16H23NO3S. The van der Waals surface area contributed by atoms with Gasteiger partial charge in [-0.3, -0.25) is 4.79 Å². The van der Waals surface area contributed by atoms with Crippen LogP contribution in [0.3, 0.4) is 0 Å². The fourth-order valence-corrected chi connectivity index (χ4v) is 3.79. The lowest BCUT2D eigenvalue weighted by Gasteiger charge is -2.27. The number of aliphatic carboxylic acids is 1. The highest BCUT2D eigenvalue weighted by Crippen LogP contribution is 2.29. The number of rotatable bonds is 3. The van der Waals surface area contributed by atoms with Crippen LogP contribution in [0, 0.1) is 5.41 Å². The maximum absolute atomic E-state index is 12.3. The van der Waals surface area contributed by atoms with Crippen LogP contribution in [0.2, 0.25) is 0 Å². The lowest BCUT2D eigenvalue weighted by atomic mass is 9.87. The monoisotopic (exact) mass is 309 g/mol. The number of carboxylic acid groups (broad SMARTS) is 1. The molecule has 1 aliphatic rings. The van der Waals surface area contributed by atoms with Gasteiger partial charge in [0.2, 0.25) is 0 Å². The number of thiophene rings is 1. The lowest BCUT2D eigenvalue weighted by Crippen LogP contribution is -2.48. The number of carbonyl (C=O) groups excluding carboxylic acids is 1. The van der Waals surface area contributed by atoms with E-state index in [9.17, 15) is 14.7 Å². The van der Waals surface area contributed by atoms with Crippen LogP contribution in [-0.4, -0.2) is 23.0 Å². The Bertz CT molecular complexity index is 519. The quantitative estimate of drug-likeness (QED) is 0.842. The molecule has 2 N–H and O–H groups in total. The molecule has 4 nitrogen and oxygen atoms in total. The number of amides is 1. The molecule has 1 aromatic rings. The van der Waals surface area contributed by atoms with Crippen molar-refractivity contribution in [2.45, 2.75) is 58.9 Å². The maximum atomic E-state index is 12.3. The summed E-state index contributed by atoms with van der Waals surface area (Å²) in [6.45, 7) is 5.45. The minimum Gasteiger partial charge on any atom is -0.480 e. The van der Waals surface area contributed by atoms with Crippen molar-refractivity contribution in [3.63, 3.8) is 0 Å². The van der Waals surface area contributed by atoms with Gasteiger partial charge in [-0.1, -0.05) is 27.2 Å². The molecule has 0 saturated heterocycles. The Hall–Kier alpha value is -1.36. The SMILES string of the molecule is CC(C)(C)C(NC(=O)c1cc2c(s1)CCCCC2)C(=O)O. The molecule has 0 bridgehead atoms. The molecule has 0 spiro atoms. The van der Waals surface area contributed by atoms with Crippen molar-refractivity contribution < 1.29 is 14.7 Å². The highest BCUT2D eigenvalue weighted by molar-refractivity contribution is 7.14. The van der Waals surface area contributed by atoms with E-state index in [1.807, 2.05) is 26.8 Å². The molecule has 0 saturated carbocycles. The Kier molecular flexibility index (Phi) is 4.71. The molecule has 5 heteroatoms. The first-order chi connectivity index (χ1) is 9.79. The number of hydrogen-bond donors (Lipinski definition) is 2. The summed E-state index contributed by atoms with van der Waals surface area (Å²) in [5, 5.41) is 12.0. The molecule has 116 valence electrons. The number of nitrogens with one attached hydrogen (secondary N) is 1. The van der Waals surface area contributed by atoms with E-state index in [0.717, 1.165) is 12.8 Å². The van der Waals surface area contributed by atoms with Gasteiger partial charge in [0.05, 0.1) is 4.88 Å². The summed E-state index contributed by atoms with van der Waals surface area (Å²) < 4.78 is 0. The van der Waals surface area contributed by atoms with E-state index in [2.05, 4.69) is 5.32 Å². The van der Waals surface area contributed by atoms with Crippen molar-refractivity contribution in [2.24, 2.45) is 5.41 Å². The van der Waals surface area contributed by atoms with Crippen molar-refractivity contribution in [3.05, 3.63) is 21.4 Å². The van der Waals surface area contributed by atoms with Crippen LogP contribution >= 0.6 is 11.3 Å². The maximum Gasteiger partial charge on any atom is 0.326 e. The van der Waals surface area contributed by atoms with Crippen LogP contribution in [0.4, 0.5) is 0 Å². The first-order valence-corrected chi connectivity index (χ1v) is 8.26. The van der Waals surface area contributed by atoms with Crippen molar-refractivity contribution >= 4 is 23.2 Å². The second-order valence-corrected chi connectivity index (χ2v) is 7.87. The number of carboxylic acids is 1. The lowest BCUT2D eigenvalue weighted by molar-refractivity contribution is -0.142. The predicted molar refractivity (Wildman–Crippen MR) is 83.9 cm³/mol. The molecule has 1 aromatic heterocycles. The Balaban J connectivity index is 2.15. The molecule has 1 amide bonds. The molecule has 1 atom stereocenters. The largest absolute Gasteiger partial charge is 0.480 e. The Labute approximate surface area is 129 Å². The number of fused-ring (bicyclic) bond motifs is 1. The Morgan fingerprint density at radius 3 is 2.52 bits per heavy atom. The van der Waals surface area contributed by atoms with E-state index in [4.69, 9.17) is 0 Å². The van der Waals surface area contributed by atoms with E-state index < -0.39 is 17.4 Å². The van der Waals surface area contributed by atoms with Crippen molar-refractivity contribution in [3.8, 4) is 0 Å². The second-order valence-electron chi connectivity index (χ2n) is 6.73. The number of hydrogen-bond acceptors (Lipinski definition) is 3. The zero-order valence-electron chi connectivity index (χ0n) is 12.9. The van der Waals surface area contributed by atoms with Crippen LogP contribution in [0.1, 0.15) is 60.1 Å². The van der Waals surface area contributed by atoms with Gasteiger partial charge in [-0.05, 0) is 42.7 Å². The Morgan fingerprint density at radius 2 is 1.90 bits per heavy atom. The third-order valence-corrected chi connectivity index (χ3v) is 5.09. The molecular weight excluding hydrogens is 286 g/mol. The van der Waals surface area contributed by atoms with Gasteiger partial charge in [0.1, 0.15) is 6.04 Å². The second kappa shape index (κ2) is 6.18. The van der Waals surface area contributed by atoms with Gasteiger partial charge < -0.3 is 10.4 Å². The molecule has 1 aliphatic carbocycles. The first-order valence-electron chi connectivity index (χ1n) is 7.44. The fourth-order valence-electron chi connectivity index (χ4n) is 2.63. The average Bonchev–Trinajstić information content (AvgIpc) is 2.65. The summed E-state index contributed by atoms with van der Waals surface area (Å²) in [4.78, 5) is 25.6. The standard InChI is InChI=1S/C16H23NO3S/c1-16(2,3)13(15(19)20)17-14(18)12-9-10-7-5-4-6-8-11(10)21-12/h9,13H,4-8H2,1-3H3,(H,17,18)(H,19,20). The highest BCUT2D eigenvalue weighted by Gasteiger charge is 2.33. The van der Waals surface area contributed by atoms with Gasteiger partial charge in [-0.2, -0.15) is 0 Å². The summed E-state index contributed by atoms with van der Waals surface area (Å²) >= 11 is 1.52. The molecule has 1 unspecified atom stereocenters. The van der Waals surface area contributed by atoms with Crippen molar-refractivity contribution in [1.82, 2.24) is 5.32 Å². The van der Waals surface area contributed by atoms with Gasteiger partial charge in [0, 0.05) is 4.88 Å². The summed E-state index contributed by atoms with van der Waals surface area (Å²) in [5.74, 6) is -1.26. The van der Waals surface area contributed by atoms with Gasteiger partial charge in [-0.15, -0.1) is 11.3 Å². The minimum absolute atomic E-state index is 0.268. The van der Waals surface area contributed by atoms with E-state index in [1.165, 1.54) is 41.0 Å². The topological polar surface area (TPSA) is 66.4 Å². The van der Waals surface area contributed by atoms with E-state index in [-0.39, 0.29) is 5.91 Å². The summed E-state index contributed by atoms with van der Waals surface area (Å²) in [7, 11) is 0. The third-order valence-electron chi connectivity index (χ3n) is 3.86. The van der Waals surface area contributed by atoms with Crippen LogP contribution < -0.4 is 5.32 Å². The van der Waals surface area contributed by atoms with Gasteiger partial charge >= 0.3 is 5.97 Å². The molecule has 0 fully saturated rings. The van der Waals surface area contributed by atoms with Crippen molar-refractivity contribution in [1.29, 1.82) is 0 Å². The number of carbonyl (C=O) groups is 2. The Morgan fingerprint density at radius 1 is 1.24 bits per heavy atom. The van der Waals surface area contributed by atoms with Crippen LogP contribution in [0.25, 0.3) is 0 Å². The summed E-state index contributed by atoms with van der Waals surface area (Å²) in [6.07, 6.45) is 5.66. The van der Waals surface area contributed by atoms with Crippen LogP contribution in [0.15, 0.2) is 6.07 Å². The summed E-state index contributed by atoms with van der Waals surface area (Å²) in [5.41, 5.74) is 0.751.